The van der Waals surface area contributed by atoms with Gasteiger partial charge in [-0.05, 0) is 24.0 Å². The van der Waals surface area contributed by atoms with Gasteiger partial charge in [0.2, 0.25) is 5.91 Å². The standard InChI is InChI=1S/C14H20N2O/c15-10-12-7-5-11(6-8-12)9-14(17)16-13-3-1-2-4-13/h5-8,13H,1-4,9-10,15H2,(H,16,17). The molecule has 0 unspecified atom stereocenters. The fourth-order valence-electron chi connectivity index (χ4n) is 2.33. The van der Waals surface area contributed by atoms with Gasteiger partial charge in [0.15, 0.2) is 0 Å². The molecule has 3 heteroatoms. The Bertz CT molecular complexity index is 366. The smallest absolute Gasteiger partial charge is 0.224 e. The minimum atomic E-state index is 0.136. The molecule has 1 amide bonds. The van der Waals surface area contributed by atoms with Crippen LogP contribution in [0, 0.1) is 0 Å². The Labute approximate surface area is 102 Å². The van der Waals surface area contributed by atoms with Gasteiger partial charge >= 0.3 is 0 Å². The Morgan fingerprint density at radius 2 is 1.76 bits per heavy atom. The van der Waals surface area contributed by atoms with E-state index in [1.54, 1.807) is 0 Å². The van der Waals surface area contributed by atoms with Crippen molar-refractivity contribution in [3.63, 3.8) is 0 Å². The van der Waals surface area contributed by atoms with Crippen LogP contribution in [-0.2, 0) is 17.8 Å². The molecule has 0 radical (unpaired) electrons. The molecule has 1 aliphatic rings. The Morgan fingerprint density at radius 3 is 2.35 bits per heavy atom. The first-order chi connectivity index (χ1) is 8.28. The highest BCUT2D eigenvalue weighted by Crippen LogP contribution is 2.17. The van der Waals surface area contributed by atoms with E-state index in [2.05, 4.69) is 5.32 Å². The zero-order valence-electron chi connectivity index (χ0n) is 10.1. The summed E-state index contributed by atoms with van der Waals surface area (Å²) in [5.74, 6) is 0.136. The topological polar surface area (TPSA) is 55.1 Å². The molecule has 0 heterocycles. The summed E-state index contributed by atoms with van der Waals surface area (Å²) >= 11 is 0. The maximum atomic E-state index is 11.8. The van der Waals surface area contributed by atoms with Gasteiger partial charge < -0.3 is 11.1 Å². The first kappa shape index (κ1) is 12.1. The number of benzene rings is 1. The molecular formula is C14H20N2O. The van der Waals surface area contributed by atoms with Crippen LogP contribution in [0.5, 0.6) is 0 Å². The molecule has 3 N–H and O–H groups in total. The van der Waals surface area contributed by atoms with Crippen LogP contribution >= 0.6 is 0 Å². The molecule has 92 valence electrons. The molecule has 0 atom stereocenters. The van der Waals surface area contributed by atoms with E-state index < -0.39 is 0 Å². The van der Waals surface area contributed by atoms with E-state index in [4.69, 9.17) is 5.73 Å². The average Bonchev–Trinajstić information content (AvgIpc) is 2.82. The van der Waals surface area contributed by atoms with Gasteiger partial charge in [-0.25, -0.2) is 0 Å². The van der Waals surface area contributed by atoms with E-state index in [0.29, 0.717) is 19.0 Å². The lowest BCUT2D eigenvalue weighted by atomic mass is 10.1. The normalized spacial score (nSPS) is 16.1. The molecular weight excluding hydrogens is 212 g/mol. The predicted octanol–water partition coefficient (Wildman–Crippen LogP) is 1.75. The lowest BCUT2D eigenvalue weighted by molar-refractivity contribution is -0.121. The first-order valence-electron chi connectivity index (χ1n) is 6.35. The van der Waals surface area contributed by atoms with Crippen LogP contribution in [0.15, 0.2) is 24.3 Å². The number of rotatable bonds is 4. The largest absolute Gasteiger partial charge is 0.353 e. The number of nitrogens with two attached hydrogens (primary N) is 1. The molecule has 1 fully saturated rings. The van der Waals surface area contributed by atoms with Gasteiger partial charge in [-0.2, -0.15) is 0 Å². The van der Waals surface area contributed by atoms with Crippen molar-refractivity contribution in [1.29, 1.82) is 0 Å². The molecule has 17 heavy (non-hydrogen) atoms. The van der Waals surface area contributed by atoms with Crippen molar-refractivity contribution >= 4 is 5.91 Å². The second-order valence-corrected chi connectivity index (χ2v) is 4.75. The highest BCUT2D eigenvalue weighted by atomic mass is 16.1. The van der Waals surface area contributed by atoms with Gasteiger partial charge in [0.25, 0.3) is 0 Å². The van der Waals surface area contributed by atoms with E-state index in [9.17, 15) is 4.79 Å². The molecule has 1 aromatic carbocycles. The highest BCUT2D eigenvalue weighted by molar-refractivity contribution is 5.78. The second-order valence-electron chi connectivity index (χ2n) is 4.75. The molecule has 0 saturated heterocycles. The van der Waals surface area contributed by atoms with Gasteiger partial charge in [0, 0.05) is 12.6 Å². The van der Waals surface area contributed by atoms with Crippen LogP contribution in [0.1, 0.15) is 36.8 Å². The second kappa shape index (κ2) is 5.82. The number of carbonyl (C=O) groups excluding carboxylic acids is 1. The number of amides is 1. The maximum absolute atomic E-state index is 11.8. The number of hydrogen-bond acceptors (Lipinski definition) is 2. The lowest BCUT2D eigenvalue weighted by Crippen LogP contribution is -2.33. The van der Waals surface area contributed by atoms with Crippen LogP contribution in [0.4, 0.5) is 0 Å². The van der Waals surface area contributed by atoms with Crippen LogP contribution in [-0.4, -0.2) is 11.9 Å². The molecule has 0 spiro atoms. The zero-order valence-corrected chi connectivity index (χ0v) is 10.1. The minimum absolute atomic E-state index is 0.136. The Kier molecular flexibility index (Phi) is 4.15. The van der Waals surface area contributed by atoms with E-state index in [1.807, 2.05) is 24.3 Å². The van der Waals surface area contributed by atoms with Gasteiger partial charge in [-0.3, -0.25) is 4.79 Å². The van der Waals surface area contributed by atoms with E-state index in [0.717, 1.165) is 24.0 Å². The third-order valence-corrected chi connectivity index (χ3v) is 3.34. The van der Waals surface area contributed by atoms with Crippen molar-refractivity contribution in [3.8, 4) is 0 Å². The quantitative estimate of drug-likeness (QED) is 0.831. The summed E-state index contributed by atoms with van der Waals surface area (Å²) in [5, 5.41) is 3.09. The Hall–Kier alpha value is -1.35. The monoisotopic (exact) mass is 232 g/mol. The molecule has 0 bridgehead atoms. The molecule has 1 aliphatic carbocycles. The summed E-state index contributed by atoms with van der Waals surface area (Å²) in [7, 11) is 0. The van der Waals surface area contributed by atoms with Crippen molar-refractivity contribution in [2.75, 3.05) is 0 Å². The average molecular weight is 232 g/mol. The highest BCUT2D eigenvalue weighted by Gasteiger charge is 2.16. The fraction of sp³-hybridized carbons (Fsp3) is 0.500. The maximum Gasteiger partial charge on any atom is 0.224 e. The SMILES string of the molecule is NCc1ccc(CC(=O)NC2CCCC2)cc1. The summed E-state index contributed by atoms with van der Waals surface area (Å²) in [5.41, 5.74) is 7.69. The molecule has 1 saturated carbocycles. The van der Waals surface area contributed by atoms with E-state index >= 15 is 0 Å². The van der Waals surface area contributed by atoms with Gasteiger partial charge in [-0.1, -0.05) is 37.1 Å². The molecule has 2 rings (SSSR count). The van der Waals surface area contributed by atoms with E-state index in [1.165, 1.54) is 12.8 Å². The van der Waals surface area contributed by atoms with Gasteiger partial charge in [-0.15, -0.1) is 0 Å². The zero-order chi connectivity index (χ0) is 12.1. The molecule has 3 nitrogen and oxygen atoms in total. The van der Waals surface area contributed by atoms with E-state index in [-0.39, 0.29) is 5.91 Å². The van der Waals surface area contributed by atoms with Crippen molar-refractivity contribution in [3.05, 3.63) is 35.4 Å². The van der Waals surface area contributed by atoms with Crippen molar-refractivity contribution < 1.29 is 4.79 Å². The summed E-state index contributed by atoms with van der Waals surface area (Å²) in [4.78, 5) is 11.8. The minimum Gasteiger partial charge on any atom is -0.353 e. The Balaban J connectivity index is 1.84. The van der Waals surface area contributed by atoms with Crippen LogP contribution in [0.25, 0.3) is 0 Å². The van der Waals surface area contributed by atoms with Crippen molar-refractivity contribution in [2.45, 2.75) is 44.7 Å². The third kappa shape index (κ3) is 3.56. The fourth-order valence-corrected chi connectivity index (χ4v) is 2.33. The van der Waals surface area contributed by atoms with Gasteiger partial charge in [0.1, 0.15) is 0 Å². The Morgan fingerprint density at radius 1 is 1.18 bits per heavy atom. The summed E-state index contributed by atoms with van der Waals surface area (Å²) < 4.78 is 0. The number of carbonyl (C=O) groups is 1. The summed E-state index contributed by atoms with van der Waals surface area (Å²) in [6.07, 6.45) is 5.24. The van der Waals surface area contributed by atoms with Crippen LogP contribution in [0.3, 0.4) is 0 Å². The third-order valence-electron chi connectivity index (χ3n) is 3.34. The number of nitrogens with one attached hydrogen (secondary N) is 1. The van der Waals surface area contributed by atoms with Crippen molar-refractivity contribution in [2.24, 2.45) is 5.73 Å². The predicted molar refractivity (Wildman–Crippen MR) is 68.4 cm³/mol. The summed E-state index contributed by atoms with van der Waals surface area (Å²) in [6, 6.07) is 8.34. The summed E-state index contributed by atoms with van der Waals surface area (Å²) in [6.45, 7) is 0.550. The van der Waals surface area contributed by atoms with Gasteiger partial charge in [0.05, 0.1) is 6.42 Å². The molecule has 1 aromatic rings. The first-order valence-corrected chi connectivity index (χ1v) is 6.35. The number of hydrogen-bond donors (Lipinski definition) is 2. The van der Waals surface area contributed by atoms with Crippen LogP contribution < -0.4 is 11.1 Å². The molecule has 0 aromatic heterocycles. The van der Waals surface area contributed by atoms with Crippen molar-refractivity contribution in [1.82, 2.24) is 5.32 Å². The lowest BCUT2D eigenvalue weighted by Gasteiger charge is -2.11. The molecule has 0 aliphatic heterocycles. The van der Waals surface area contributed by atoms with Crippen LogP contribution in [0.2, 0.25) is 0 Å².